The fourth-order valence-corrected chi connectivity index (χ4v) is 4.21. The van der Waals surface area contributed by atoms with Crippen LogP contribution < -0.4 is 0 Å². The highest BCUT2D eigenvalue weighted by Gasteiger charge is 2.34. The van der Waals surface area contributed by atoms with Crippen LogP contribution in [0.5, 0.6) is 0 Å². The molecule has 0 spiro atoms. The zero-order valence-electron chi connectivity index (χ0n) is 15.6. The smallest absolute Gasteiger partial charge is 0.275 e. The van der Waals surface area contributed by atoms with Crippen LogP contribution in [0.4, 0.5) is 0 Å². The van der Waals surface area contributed by atoms with E-state index in [0.717, 1.165) is 41.1 Å². The van der Waals surface area contributed by atoms with Gasteiger partial charge in [0.2, 0.25) is 0 Å². The summed E-state index contributed by atoms with van der Waals surface area (Å²) >= 11 is 1.28. The van der Waals surface area contributed by atoms with Gasteiger partial charge in [0.1, 0.15) is 0 Å². The molecule has 2 aliphatic carbocycles. The predicted molar refractivity (Wildman–Crippen MR) is 101 cm³/mol. The lowest BCUT2D eigenvalue weighted by atomic mass is 9.97. The van der Waals surface area contributed by atoms with E-state index in [9.17, 15) is 4.79 Å². The highest BCUT2D eigenvalue weighted by molar-refractivity contribution is 7.05. The largest absolute Gasteiger partial charge is 0.380 e. The van der Waals surface area contributed by atoms with Crippen LogP contribution in [-0.4, -0.2) is 49.9 Å². The fraction of sp³-hybridized carbons (Fsp3) is 0.684. The minimum Gasteiger partial charge on any atom is -0.380 e. The maximum absolute atomic E-state index is 13.0. The number of carbonyl (C=O) groups is 1. The normalized spacial score (nSPS) is 22.1. The monoisotopic (exact) mass is 387 g/mol. The van der Waals surface area contributed by atoms with Gasteiger partial charge in [-0.1, -0.05) is 4.49 Å². The van der Waals surface area contributed by atoms with Gasteiger partial charge in [-0.2, -0.15) is 5.10 Å². The van der Waals surface area contributed by atoms with Crippen LogP contribution in [-0.2, 0) is 17.8 Å². The van der Waals surface area contributed by atoms with E-state index in [0.29, 0.717) is 25.4 Å². The summed E-state index contributed by atoms with van der Waals surface area (Å²) in [6.45, 7) is 5.57. The molecular weight excluding hydrogens is 362 g/mol. The van der Waals surface area contributed by atoms with Crippen molar-refractivity contribution in [1.29, 1.82) is 0 Å². The molecule has 8 heteroatoms. The number of hydrogen-bond donors (Lipinski definition) is 0. The Morgan fingerprint density at radius 3 is 2.78 bits per heavy atom. The summed E-state index contributed by atoms with van der Waals surface area (Å²) in [6.07, 6.45) is 7.31. The van der Waals surface area contributed by atoms with Gasteiger partial charge < -0.3 is 9.64 Å². The van der Waals surface area contributed by atoms with Crippen molar-refractivity contribution in [2.24, 2.45) is 11.8 Å². The minimum absolute atomic E-state index is 0.0333. The van der Waals surface area contributed by atoms with Crippen molar-refractivity contribution >= 4 is 17.4 Å². The zero-order valence-corrected chi connectivity index (χ0v) is 16.5. The van der Waals surface area contributed by atoms with E-state index in [-0.39, 0.29) is 11.8 Å². The second kappa shape index (κ2) is 6.98. The van der Waals surface area contributed by atoms with E-state index in [4.69, 9.17) is 9.84 Å². The highest BCUT2D eigenvalue weighted by atomic mass is 32.1. The van der Waals surface area contributed by atoms with Gasteiger partial charge in [0.05, 0.1) is 17.2 Å². The van der Waals surface area contributed by atoms with Crippen molar-refractivity contribution in [3.05, 3.63) is 28.0 Å². The SMILES string of the molecule is Cc1snnc1C(=O)N1Cc2cn(CC3CC3)nc2C(COCC2CC2)C1. The molecule has 1 amide bonds. The minimum atomic E-state index is -0.0333. The van der Waals surface area contributed by atoms with E-state index in [2.05, 4.69) is 20.5 Å². The Bertz CT molecular complexity index is 839. The Balaban J connectivity index is 1.36. The van der Waals surface area contributed by atoms with E-state index in [1.807, 2.05) is 11.8 Å². The Labute approximate surface area is 162 Å². The molecule has 144 valence electrons. The first-order chi connectivity index (χ1) is 13.2. The molecule has 0 N–H and O–H groups in total. The lowest BCUT2D eigenvalue weighted by Gasteiger charge is -2.31. The molecule has 0 bridgehead atoms. The lowest BCUT2D eigenvalue weighted by Crippen LogP contribution is -2.39. The summed E-state index contributed by atoms with van der Waals surface area (Å²) in [5.41, 5.74) is 2.74. The number of rotatable bonds is 7. The molecule has 1 unspecified atom stereocenters. The Hall–Kier alpha value is -1.80. The third-order valence-electron chi connectivity index (χ3n) is 5.71. The topological polar surface area (TPSA) is 73.1 Å². The molecule has 1 aliphatic heterocycles. The van der Waals surface area contributed by atoms with Crippen LogP contribution in [0.1, 0.15) is 58.2 Å². The van der Waals surface area contributed by atoms with Crippen molar-refractivity contribution in [3.8, 4) is 0 Å². The average molecular weight is 388 g/mol. The predicted octanol–water partition coefficient (Wildman–Crippen LogP) is 2.62. The summed E-state index contributed by atoms with van der Waals surface area (Å²) in [5, 5.41) is 8.92. The number of aryl methyl sites for hydroxylation is 1. The summed E-state index contributed by atoms with van der Waals surface area (Å²) in [5.74, 6) is 1.61. The first-order valence-corrected chi connectivity index (χ1v) is 10.7. The Morgan fingerprint density at radius 2 is 2.07 bits per heavy atom. The van der Waals surface area contributed by atoms with Crippen molar-refractivity contribution in [2.75, 3.05) is 19.8 Å². The lowest BCUT2D eigenvalue weighted by molar-refractivity contribution is 0.0620. The van der Waals surface area contributed by atoms with Gasteiger partial charge in [-0.15, -0.1) is 5.10 Å². The third kappa shape index (κ3) is 3.78. The molecule has 3 aliphatic rings. The van der Waals surface area contributed by atoms with Crippen molar-refractivity contribution < 1.29 is 9.53 Å². The number of nitrogens with zero attached hydrogens (tertiary/aromatic N) is 5. The molecule has 2 fully saturated rings. The van der Waals surface area contributed by atoms with Gasteiger partial charge in [-0.25, -0.2) is 0 Å². The van der Waals surface area contributed by atoms with Crippen LogP contribution in [0.3, 0.4) is 0 Å². The van der Waals surface area contributed by atoms with E-state index in [1.165, 1.54) is 37.2 Å². The molecule has 2 aromatic heterocycles. The third-order valence-corrected chi connectivity index (χ3v) is 6.34. The van der Waals surface area contributed by atoms with Gasteiger partial charge in [0.25, 0.3) is 5.91 Å². The summed E-state index contributed by atoms with van der Waals surface area (Å²) in [7, 11) is 0. The number of amides is 1. The Morgan fingerprint density at radius 1 is 1.26 bits per heavy atom. The molecule has 1 atom stereocenters. The molecule has 2 aromatic rings. The molecule has 5 rings (SSSR count). The van der Waals surface area contributed by atoms with Crippen LogP contribution in [0.25, 0.3) is 0 Å². The number of fused-ring (bicyclic) bond motifs is 1. The highest BCUT2D eigenvalue weighted by Crippen LogP contribution is 2.34. The second-order valence-corrected chi connectivity index (χ2v) is 9.20. The Kier molecular flexibility index (Phi) is 4.47. The molecule has 0 aromatic carbocycles. The van der Waals surface area contributed by atoms with E-state index < -0.39 is 0 Å². The number of aromatic nitrogens is 4. The van der Waals surface area contributed by atoms with Crippen LogP contribution in [0.2, 0.25) is 0 Å². The van der Waals surface area contributed by atoms with Crippen LogP contribution >= 0.6 is 11.5 Å². The second-order valence-electron chi connectivity index (χ2n) is 8.25. The first kappa shape index (κ1) is 17.3. The van der Waals surface area contributed by atoms with Gasteiger partial charge in [-0.05, 0) is 56.0 Å². The molecule has 0 radical (unpaired) electrons. The number of carbonyl (C=O) groups excluding carboxylic acids is 1. The van der Waals surface area contributed by atoms with Crippen LogP contribution in [0.15, 0.2) is 6.20 Å². The maximum atomic E-state index is 13.0. The van der Waals surface area contributed by atoms with Gasteiger partial charge in [0, 0.05) is 43.9 Å². The summed E-state index contributed by atoms with van der Waals surface area (Å²) < 4.78 is 12.0. The van der Waals surface area contributed by atoms with Crippen LogP contribution in [0, 0.1) is 18.8 Å². The summed E-state index contributed by atoms with van der Waals surface area (Å²) in [6, 6.07) is 0. The molecule has 0 saturated heterocycles. The fourth-order valence-electron chi connectivity index (χ4n) is 3.75. The molecule has 7 nitrogen and oxygen atoms in total. The van der Waals surface area contributed by atoms with E-state index >= 15 is 0 Å². The van der Waals surface area contributed by atoms with Crippen molar-refractivity contribution in [3.63, 3.8) is 0 Å². The molecule has 2 saturated carbocycles. The van der Waals surface area contributed by atoms with E-state index in [1.54, 1.807) is 0 Å². The maximum Gasteiger partial charge on any atom is 0.275 e. The summed E-state index contributed by atoms with van der Waals surface area (Å²) in [4.78, 5) is 15.7. The van der Waals surface area contributed by atoms with Gasteiger partial charge in [-0.3, -0.25) is 9.48 Å². The molecule has 27 heavy (non-hydrogen) atoms. The standard InChI is InChI=1S/C19H25N5O2S/c1-12-17(20-22-27-12)19(25)23-7-15-9-24(6-13-2-3-13)21-18(15)16(8-23)11-26-10-14-4-5-14/h9,13-14,16H,2-8,10-11H2,1H3. The quantitative estimate of drug-likeness (QED) is 0.730. The van der Waals surface area contributed by atoms with Crippen molar-refractivity contribution in [1.82, 2.24) is 24.3 Å². The van der Waals surface area contributed by atoms with Crippen molar-refractivity contribution in [2.45, 2.75) is 51.6 Å². The van der Waals surface area contributed by atoms with Gasteiger partial charge in [0.15, 0.2) is 5.69 Å². The van der Waals surface area contributed by atoms with Gasteiger partial charge >= 0.3 is 0 Å². The first-order valence-electron chi connectivity index (χ1n) is 9.89. The molecule has 3 heterocycles. The average Bonchev–Trinajstić information content (AvgIpc) is 3.56. The molecular formula is C19H25N5O2S. The number of ether oxygens (including phenoxy) is 1. The number of hydrogen-bond acceptors (Lipinski definition) is 6. The zero-order chi connectivity index (χ0) is 18.4.